The van der Waals surface area contributed by atoms with E-state index in [9.17, 15) is 33.9 Å². The van der Waals surface area contributed by atoms with Crippen LogP contribution in [0.1, 0.15) is 117 Å². The first-order chi connectivity index (χ1) is 37.1. The number of carbonyl (C=O) groups excluding carboxylic acids is 6. The van der Waals surface area contributed by atoms with E-state index >= 15 is 0 Å². The van der Waals surface area contributed by atoms with Gasteiger partial charge in [0.15, 0.2) is 0 Å². The van der Waals surface area contributed by atoms with E-state index in [0.717, 1.165) is 34.0 Å². The average molecular weight is 1150 g/mol. The van der Waals surface area contributed by atoms with E-state index < -0.39 is 66.2 Å². The molecule has 8 heterocycles. The van der Waals surface area contributed by atoms with Gasteiger partial charge in [-0.25, -0.2) is 34.9 Å². The summed E-state index contributed by atoms with van der Waals surface area (Å²) in [6, 6.07) is 9.32. The Morgan fingerprint density at radius 3 is 2.22 bits per heavy atom. The summed E-state index contributed by atoms with van der Waals surface area (Å²) in [6.45, 7) is 4.94. The molecule has 6 N–H and O–H groups in total. The van der Waals surface area contributed by atoms with Crippen molar-refractivity contribution in [1.82, 2.24) is 61.5 Å². The molecule has 77 heavy (non-hydrogen) atoms. The van der Waals surface area contributed by atoms with Crippen LogP contribution >= 0.6 is 68.0 Å². The number of thiazole rings is 6. The van der Waals surface area contributed by atoms with E-state index in [4.69, 9.17) is 30.2 Å². The maximum atomic E-state index is 14.2. The highest BCUT2D eigenvalue weighted by atomic mass is 32.1. The van der Waals surface area contributed by atoms with Crippen molar-refractivity contribution in [3.05, 3.63) is 128 Å². The van der Waals surface area contributed by atoms with E-state index in [1.54, 1.807) is 65.5 Å². The number of ether oxygens (including phenoxy) is 1. The van der Waals surface area contributed by atoms with Gasteiger partial charge in [0.05, 0.1) is 42.2 Å². The number of azide groups is 1. The lowest BCUT2D eigenvalue weighted by atomic mass is 10.0. The fraction of sp³-hybridized carbons (Fsp3) is 0.271. The number of amides is 6. The molecular formula is C48H43N15O8S6. The lowest BCUT2D eigenvalue weighted by Gasteiger charge is -2.23. The van der Waals surface area contributed by atoms with Crippen LogP contribution in [0.5, 0.6) is 0 Å². The molecule has 0 saturated carbocycles. The number of hydrogen-bond acceptors (Lipinski definition) is 21. The van der Waals surface area contributed by atoms with Crippen molar-refractivity contribution >= 4 is 103 Å². The van der Waals surface area contributed by atoms with E-state index in [1.807, 2.05) is 13.8 Å². The van der Waals surface area contributed by atoms with Crippen LogP contribution in [-0.2, 0) is 20.9 Å². The number of fused-ring (bicyclic) bond motifs is 14. The largest absolute Gasteiger partial charge is 0.386 e. The van der Waals surface area contributed by atoms with Gasteiger partial charge in [0.1, 0.15) is 82.0 Å². The van der Waals surface area contributed by atoms with E-state index in [2.05, 4.69) is 51.6 Å². The summed E-state index contributed by atoms with van der Waals surface area (Å²) in [4.78, 5) is 118. The Morgan fingerprint density at radius 2 is 1.47 bits per heavy atom. The van der Waals surface area contributed by atoms with E-state index in [0.29, 0.717) is 68.7 Å². The molecule has 0 spiro atoms. The fourth-order valence-electron chi connectivity index (χ4n) is 7.77. The Hall–Kier alpha value is -7.60. The van der Waals surface area contributed by atoms with Crippen molar-refractivity contribution in [3.63, 3.8) is 0 Å². The summed E-state index contributed by atoms with van der Waals surface area (Å²) < 4.78 is 5.43. The number of nitrogens with zero attached hydrogens (tertiary/aromatic N) is 10. The van der Waals surface area contributed by atoms with Crippen molar-refractivity contribution < 1.29 is 38.6 Å². The van der Waals surface area contributed by atoms with Crippen LogP contribution in [0.3, 0.4) is 0 Å². The standard InChI is InChI=1S/C48H43N15O8S6/c1-20(2)33-48-61-36(30(77-48)15-71-5)41(69)51-14-32(65)58-37(38(66)22-9-7-6-8-10-22)47-57-29(19-75-47)45-54-26(16-73-45)35-23(11-12-24(52-35)44-56-28(18-74-44)40(68)62-63-49)43-55-27(17-72-43)39(67)53-25(13-31(64)50-4)46-60-34(21(3)76-46)42(70)59-33/h6-12,16-20,25,33,37-38,66H,13-15H2,1-5H3,(H,50,64)(H,51,69)(H,53,67)(H,58,65)(H,59,70). The third-order valence-corrected chi connectivity index (χ3v) is 17.3. The number of carbonyl (C=O) groups is 6. The molecule has 29 heteroatoms. The molecule has 0 radical (unpaired) electrons. The first-order valence-electron chi connectivity index (χ1n) is 23.2. The SMILES string of the molecule is CNC(=O)CC1NC(=O)c2csc(n2)-c2ccc(-c3nc(C(=O)N=[N+]=[N-])cs3)nc2-c2csc(n2)-c2csc(n2)C(C(O)c2ccccc2)NC(=O)CNC(=O)c2nc(sc2COC)C(C(C)C)NC(=O)c2nc1sc2C. The Bertz CT molecular complexity index is 3600. The van der Waals surface area contributed by atoms with Crippen molar-refractivity contribution in [3.8, 4) is 43.4 Å². The second kappa shape index (κ2) is 23.7. The molecule has 8 aromatic rings. The third kappa shape index (κ3) is 12.0. The van der Waals surface area contributed by atoms with Crippen LogP contribution in [0.15, 0.2) is 69.1 Å². The minimum atomic E-state index is -1.28. The molecule has 10 bridgehead atoms. The Kier molecular flexibility index (Phi) is 16.7. The van der Waals surface area contributed by atoms with Crippen LogP contribution in [0.2, 0.25) is 0 Å². The molecule has 1 aliphatic heterocycles. The zero-order valence-corrected chi connectivity index (χ0v) is 46.0. The van der Waals surface area contributed by atoms with Gasteiger partial charge in [-0.1, -0.05) is 44.2 Å². The lowest BCUT2D eigenvalue weighted by molar-refractivity contribution is -0.122. The van der Waals surface area contributed by atoms with Crippen molar-refractivity contribution in [2.75, 3.05) is 20.7 Å². The number of methoxy groups -OCH3 is 1. The van der Waals surface area contributed by atoms with Gasteiger partial charge in [-0.3, -0.25) is 28.8 Å². The molecule has 4 unspecified atom stereocenters. The van der Waals surface area contributed by atoms with Gasteiger partial charge in [-0.2, -0.15) is 0 Å². The highest BCUT2D eigenvalue weighted by Crippen LogP contribution is 2.40. The average Bonchev–Trinajstić information content (AvgIpc) is 4.33. The van der Waals surface area contributed by atoms with Crippen LogP contribution in [0, 0.1) is 12.8 Å². The molecule has 7 aromatic heterocycles. The second-order valence-corrected chi connectivity index (χ2v) is 23.0. The Morgan fingerprint density at radius 1 is 0.753 bits per heavy atom. The topological polar surface area (TPSA) is 331 Å². The van der Waals surface area contributed by atoms with Crippen molar-refractivity contribution in [2.24, 2.45) is 11.0 Å². The Labute approximate surface area is 461 Å². The number of benzene rings is 1. The van der Waals surface area contributed by atoms with Crippen molar-refractivity contribution in [2.45, 2.75) is 58.0 Å². The molecule has 6 amide bonds. The van der Waals surface area contributed by atoms with Gasteiger partial charge >= 0.3 is 0 Å². The predicted molar refractivity (Wildman–Crippen MR) is 290 cm³/mol. The lowest BCUT2D eigenvalue weighted by Crippen LogP contribution is -2.40. The molecule has 0 saturated heterocycles. The molecule has 4 atom stereocenters. The summed E-state index contributed by atoms with van der Waals surface area (Å²) >= 11 is 6.97. The molecule has 0 fully saturated rings. The first-order valence-corrected chi connectivity index (χ1v) is 28.3. The van der Waals surface area contributed by atoms with Gasteiger partial charge in [0.2, 0.25) is 11.8 Å². The molecule has 394 valence electrons. The molecule has 1 aliphatic rings. The number of hydrogen-bond donors (Lipinski definition) is 6. The molecule has 23 nitrogen and oxygen atoms in total. The van der Waals surface area contributed by atoms with Crippen LogP contribution in [0.4, 0.5) is 0 Å². The highest BCUT2D eigenvalue weighted by molar-refractivity contribution is 7.15. The molecule has 9 rings (SSSR count). The number of nitrogens with one attached hydrogen (secondary N) is 5. The maximum Gasteiger partial charge on any atom is 0.271 e. The first kappa shape index (κ1) is 54.2. The normalized spacial score (nSPS) is 16.6. The molecule has 0 aliphatic carbocycles. The van der Waals surface area contributed by atoms with Crippen LogP contribution in [-0.4, -0.2) is 96.1 Å². The molecular weight excluding hydrogens is 1110 g/mol. The van der Waals surface area contributed by atoms with Gasteiger partial charge in [0, 0.05) is 51.0 Å². The quantitative estimate of drug-likeness (QED) is 0.0457. The zero-order chi connectivity index (χ0) is 54.5. The summed E-state index contributed by atoms with van der Waals surface area (Å²) in [5.41, 5.74) is 11.3. The monoisotopic (exact) mass is 1150 g/mol. The summed E-state index contributed by atoms with van der Waals surface area (Å²) in [5.74, 6) is -4.03. The van der Waals surface area contributed by atoms with Gasteiger partial charge in [-0.05, 0) is 41.2 Å². The van der Waals surface area contributed by atoms with Gasteiger partial charge in [0.25, 0.3) is 23.6 Å². The minimum Gasteiger partial charge on any atom is -0.386 e. The van der Waals surface area contributed by atoms with Crippen molar-refractivity contribution in [1.29, 1.82) is 0 Å². The number of aromatic nitrogens is 7. The molecule has 1 aromatic carbocycles. The number of rotatable bonds is 9. The zero-order valence-electron chi connectivity index (χ0n) is 41.1. The smallest absolute Gasteiger partial charge is 0.271 e. The minimum absolute atomic E-state index is 0.000783. The predicted octanol–water partition coefficient (Wildman–Crippen LogP) is 7.76. The number of pyridine rings is 1. The van der Waals surface area contributed by atoms with E-state index in [1.165, 1.54) is 53.5 Å². The second-order valence-electron chi connectivity index (χ2n) is 17.2. The number of aliphatic hydroxyl groups excluding tert-OH is 1. The maximum absolute atomic E-state index is 14.2. The van der Waals surface area contributed by atoms with Crippen LogP contribution in [0.25, 0.3) is 53.8 Å². The summed E-state index contributed by atoms with van der Waals surface area (Å²) in [7, 11) is 2.93. The van der Waals surface area contributed by atoms with Gasteiger partial charge in [-0.15, -0.1) is 68.0 Å². The fourth-order valence-corrected chi connectivity index (χ4v) is 13.3. The number of aliphatic hydroxyl groups is 1. The number of aryl methyl sites for hydroxylation is 1. The van der Waals surface area contributed by atoms with Gasteiger partial charge < -0.3 is 36.4 Å². The van der Waals surface area contributed by atoms with E-state index in [-0.39, 0.29) is 46.7 Å². The third-order valence-electron chi connectivity index (χ3n) is 11.6. The Balaban J connectivity index is 1.14. The summed E-state index contributed by atoms with van der Waals surface area (Å²) in [6.07, 6.45) is -1.50. The summed E-state index contributed by atoms with van der Waals surface area (Å²) in [5, 5.41) is 37.7. The highest BCUT2D eigenvalue weighted by Gasteiger charge is 2.33. The van der Waals surface area contributed by atoms with Crippen LogP contribution < -0.4 is 26.6 Å².